The van der Waals surface area contributed by atoms with Gasteiger partial charge in [-0.1, -0.05) is 98.8 Å². The summed E-state index contributed by atoms with van der Waals surface area (Å²) in [7, 11) is -1.06. The van der Waals surface area contributed by atoms with Crippen LogP contribution in [0.25, 0.3) is 11.1 Å². The third kappa shape index (κ3) is 10.8. The summed E-state index contributed by atoms with van der Waals surface area (Å²) in [5, 5.41) is 1.62. The Kier molecular flexibility index (Phi) is 14.5. The van der Waals surface area contributed by atoms with E-state index in [9.17, 15) is 0 Å². The smallest absolute Gasteiger partial charge is 1.00 e. The SMILES string of the molecule is CC(C)(C)c1[c-]c2c(cc1)-c1ccc(C(C)(C)C)cc1C2.Cc1cc([Si](C)(C)C)c(C)[cH-]1.Cc1ccc([CH]=[Zr+2])cc1.[Cl-].[Cl-]. The summed E-state index contributed by atoms with van der Waals surface area (Å²) in [4.78, 5) is 0. The fourth-order valence-corrected chi connectivity index (χ4v) is 7.69. The molecule has 0 fully saturated rings. The number of fused-ring (bicyclic) bond motifs is 3. The Morgan fingerprint density at radius 2 is 1.35 bits per heavy atom. The third-order valence-electron chi connectivity index (χ3n) is 7.76. The van der Waals surface area contributed by atoms with Crippen LogP contribution in [0.1, 0.15) is 86.1 Å². The van der Waals surface area contributed by atoms with Crippen molar-refractivity contribution in [2.75, 3.05) is 0 Å². The average Bonchev–Trinajstić information content (AvgIpc) is 3.42. The van der Waals surface area contributed by atoms with Crippen LogP contribution in [0, 0.1) is 26.8 Å². The summed E-state index contributed by atoms with van der Waals surface area (Å²) in [5.74, 6) is 0. The van der Waals surface area contributed by atoms with Crippen molar-refractivity contribution in [2.24, 2.45) is 0 Å². The van der Waals surface area contributed by atoms with Gasteiger partial charge in [0.05, 0.1) is 0 Å². The van der Waals surface area contributed by atoms with Crippen molar-refractivity contribution in [1.29, 1.82) is 0 Å². The molecule has 5 rings (SSSR count). The van der Waals surface area contributed by atoms with Gasteiger partial charge in [0.2, 0.25) is 0 Å². The molecule has 1 aliphatic carbocycles. The zero-order valence-electron chi connectivity index (χ0n) is 28.4. The average molecular weight is 709 g/mol. The molecule has 4 aromatic rings. The van der Waals surface area contributed by atoms with E-state index in [-0.39, 0.29) is 35.6 Å². The van der Waals surface area contributed by atoms with E-state index in [4.69, 9.17) is 0 Å². The largest absolute Gasteiger partial charge is 1.00 e. The Labute approximate surface area is 291 Å². The molecule has 43 heavy (non-hydrogen) atoms. The van der Waals surface area contributed by atoms with Crippen LogP contribution in [0.3, 0.4) is 0 Å². The van der Waals surface area contributed by atoms with E-state index >= 15 is 0 Å². The first kappa shape index (κ1) is 39.6. The maximum Gasteiger partial charge on any atom is -1.00 e. The van der Waals surface area contributed by atoms with Crippen LogP contribution >= 0.6 is 0 Å². The van der Waals surface area contributed by atoms with E-state index in [2.05, 4.69) is 158 Å². The maximum absolute atomic E-state index is 3.67. The van der Waals surface area contributed by atoms with Crippen LogP contribution in [-0.4, -0.2) is 11.8 Å². The van der Waals surface area contributed by atoms with E-state index in [0.29, 0.717) is 0 Å². The predicted octanol–water partition coefficient (Wildman–Crippen LogP) is 3.92. The van der Waals surface area contributed by atoms with Gasteiger partial charge < -0.3 is 24.8 Å². The molecule has 0 unspecified atom stereocenters. The van der Waals surface area contributed by atoms with Crippen molar-refractivity contribution in [1.82, 2.24) is 0 Å². The Bertz CT molecular complexity index is 1430. The van der Waals surface area contributed by atoms with Crippen molar-refractivity contribution < 1.29 is 49.0 Å². The van der Waals surface area contributed by atoms with Crippen LogP contribution in [-0.2, 0) is 41.5 Å². The molecule has 0 aliphatic heterocycles. The minimum Gasteiger partial charge on any atom is -1.00 e. The number of hydrogen-bond acceptors (Lipinski definition) is 0. The van der Waals surface area contributed by atoms with Gasteiger partial charge in [0.25, 0.3) is 0 Å². The van der Waals surface area contributed by atoms with Crippen molar-refractivity contribution in [3.05, 3.63) is 117 Å². The van der Waals surface area contributed by atoms with Crippen LogP contribution in [0.5, 0.6) is 0 Å². The van der Waals surface area contributed by atoms with Gasteiger partial charge in [-0.3, -0.25) is 0 Å². The second-order valence-electron chi connectivity index (χ2n) is 14.7. The molecule has 0 bridgehead atoms. The fourth-order valence-electron chi connectivity index (χ4n) is 5.30. The molecule has 0 aromatic heterocycles. The molecule has 230 valence electrons. The first-order chi connectivity index (χ1) is 18.9. The minimum atomic E-state index is -1.06. The molecule has 0 amide bonds. The summed E-state index contributed by atoms with van der Waals surface area (Å²) in [5.41, 5.74) is 14.3. The first-order valence-corrected chi connectivity index (χ1v) is 19.8. The molecule has 0 N–H and O–H groups in total. The predicted molar refractivity (Wildman–Crippen MR) is 182 cm³/mol. The molecule has 0 saturated heterocycles. The molecule has 4 aromatic carbocycles. The Morgan fingerprint density at radius 3 is 1.79 bits per heavy atom. The molecule has 0 heterocycles. The van der Waals surface area contributed by atoms with E-state index in [1.54, 1.807) is 5.19 Å². The normalized spacial score (nSPS) is 11.9. The van der Waals surface area contributed by atoms with E-state index in [1.165, 1.54) is 79.9 Å². The van der Waals surface area contributed by atoms with Crippen molar-refractivity contribution in [3.8, 4) is 11.1 Å². The molecule has 0 spiro atoms. The summed E-state index contributed by atoms with van der Waals surface area (Å²) in [6.45, 7) is 27.3. The number of benzene rings is 3. The standard InChI is InChI=1S/C21H25.C10H17Si.C8H8.2ClH.Zr/c1-20(2,3)16-7-9-18-14(12-16)11-15-13-17(21(4,5)6)8-10-19(15)18;1-8-6-9(2)10(7-8)11(3,4)5;1-7-3-5-8(2)6-4-7;;;/h7-10,12H,11H2,1-6H3;6-7H,1-5H3;1,3-6H,2H3;2*1H;/q2*-1;;;;+2/p-2. The van der Waals surface area contributed by atoms with E-state index in [0.717, 1.165) is 6.42 Å². The van der Waals surface area contributed by atoms with Gasteiger partial charge in [-0.2, -0.15) is 46.1 Å². The van der Waals surface area contributed by atoms with Crippen molar-refractivity contribution >= 4 is 17.0 Å². The van der Waals surface area contributed by atoms with E-state index in [1.807, 2.05) is 0 Å². The van der Waals surface area contributed by atoms with Gasteiger partial charge in [-0.05, 0) is 28.4 Å². The Balaban J connectivity index is 0.000000356. The second kappa shape index (κ2) is 15.7. The zero-order valence-corrected chi connectivity index (χ0v) is 33.4. The third-order valence-corrected chi connectivity index (χ3v) is 10.7. The van der Waals surface area contributed by atoms with Gasteiger partial charge in [0.1, 0.15) is 0 Å². The summed E-state index contributed by atoms with van der Waals surface area (Å²) in [6, 6.07) is 28.4. The molecule has 4 heteroatoms. The molecule has 0 saturated carbocycles. The van der Waals surface area contributed by atoms with Gasteiger partial charge in [-0.25, -0.2) is 6.07 Å². The summed E-state index contributed by atoms with van der Waals surface area (Å²) < 4.78 is 2.19. The summed E-state index contributed by atoms with van der Waals surface area (Å²) in [6.07, 6.45) is 1.03. The maximum atomic E-state index is 3.67. The minimum absolute atomic E-state index is 0. The monoisotopic (exact) mass is 706 g/mol. The fraction of sp³-hybridized carbons (Fsp3) is 0.385. The van der Waals surface area contributed by atoms with Crippen LogP contribution < -0.4 is 30.0 Å². The van der Waals surface area contributed by atoms with Gasteiger partial charge in [-0.15, -0.1) is 11.1 Å². The Morgan fingerprint density at radius 1 is 0.767 bits per heavy atom. The molecule has 0 atom stereocenters. The van der Waals surface area contributed by atoms with Crippen molar-refractivity contribution in [3.63, 3.8) is 0 Å². The number of halogens is 2. The van der Waals surface area contributed by atoms with Crippen LogP contribution in [0.2, 0.25) is 19.6 Å². The molecule has 0 nitrogen and oxygen atoms in total. The van der Waals surface area contributed by atoms with Crippen LogP contribution in [0.4, 0.5) is 0 Å². The van der Waals surface area contributed by atoms with Crippen LogP contribution in [0.15, 0.2) is 66.7 Å². The topological polar surface area (TPSA) is 0 Å². The number of aryl methyl sites for hydroxylation is 3. The van der Waals surface area contributed by atoms with Gasteiger partial charge in [0, 0.05) is 8.07 Å². The zero-order chi connectivity index (χ0) is 30.8. The molecular formula is C39H50Cl2SiZr-2. The van der Waals surface area contributed by atoms with Gasteiger partial charge in [0.15, 0.2) is 0 Å². The van der Waals surface area contributed by atoms with Gasteiger partial charge >= 0.3 is 70.3 Å². The first-order valence-electron chi connectivity index (χ1n) is 14.9. The molecule has 0 radical (unpaired) electrons. The molecule has 1 aliphatic rings. The quantitative estimate of drug-likeness (QED) is 0.193. The Hall–Kier alpha value is -1.44. The van der Waals surface area contributed by atoms with E-state index < -0.39 is 8.07 Å². The number of rotatable bonds is 2. The molecular weight excluding hydrogens is 659 g/mol. The summed E-state index contributed by atoms with van der Waals surface area (Å²) >= 11 is 1.47. The second-order valence-corrected chi connectivity index (χ2v) is 20.5. The van der Waals surface area contributed by atoms with Crippen molar-refractivity contribution in [2.45, 2.75) is 99.2 Å². The number of hydrogen-bond donors (Lipinski definition) is 0.